The zero-order valence-corrected chi connectivity index (χ0v) is 11.0. The van der Waals surface area contributed by atoms with Crippen LogP contribution in [0.4, 0.5) is 0 Å². The molecule has 0 aromatic heterocycles. The van der Waals surface area contributed by atoms with E-state index in [1.165, 1.54) is 32.1 Å². The van der Waals surface area contributed by atoms with E-state index in [-0.39, 0.29) is 18.3 Å². The molecular weight excluding hydrogens is 224 g/mol. The second kappa shape index (κ2) is 8.82. The molecule has 1 saturated carbocycles. The van der Waals surface area contributed by atoms with Crippen molar-refractivity contribution in [2.24, 2.45) is 11.7 Å². The summed E-state index contributed by atoms with van der Waals surface area (Å²) in [5.74, 6) is 0.865. The lowest BCUT2D eigenvalue weighted by Gasteiger charge is -2.34. The van der Waals surface area contributed by atoms with Crippen LogP contribution in [0, 0.1) is 5.92 Å². The molecule has 1 aliphatic carbocycles. The fraction of sp³-hybridized carbons (Fsp3) is 0.917. The molecule has 0 spiro atoms. The first-order valence-electron chi connectivity index (χ1n) is 6.27. The van der Waals surface area contributed by atoms with Crippen LogP contribution in [-0.2, 0) is 4.79 Å². The van der Waals surface area contributed by atoms with Gasteiger partial charge in [-0.05, 0) is 25.2 Å². The van der Waals surface area contributed by atoms with Crippen LogP contribution in [0.15, 0.2) is 0 Å². The molecule has 0 aromatic rings. The van der Waals surface area contributed by atoms with E-state index in [2.05, 4.69) is 12.2 Å². The van der Waals surface area contributed by atoms with Gasteiger partial charge in [0, 0.05) is 19.0 Å². The summed E-state index contributed by atoms with van der Waals surface area (Å²) in [4.78, 5) is 11.5. The van der Waals surface area contributed by atoms with Gasteiger partial charge >= 0.3 is 0 Å². The molecule has 1 amide bonds. The molecule has 96 valence electrons. The van der Waals surface area contributed by atoms with Crippen molar-refractivity contribution in [3.63, 3.8) is 0 Å². The number of carbonyl (C=O) groups excluding carboxylic acids is 1. The fourth-order valence-corrected chi connectivity index (χ4v) is 2.10. The van der Waals surface area contributed by atoms with E-state index in [0.29, 0.717) is 19.0 Å². The number of carbonyl (C=O) groups is 1. The van der Waals surface area contributed by atoms with Gasteiger partial charge in [-0.1, -0.05) is 26.2 Å². The molecule has 1 aliphatic rings. The Hall–Kier alpha value is -0.280. The minimum atomic E-state index is 0. The average Bonchev–Trinajstić information content (AvgIpc) is 2.11. The molecule has 0 saturated heterocycles. The van der Waals surface area contributed by atoms with Gasteiger partial charge in [-0.3, -0.25) is 4.79 Å². The van der Waals surface area contributed by atoms with Crippen molar-refractivity contribution in [2.75, 3.05) is 6.54 Å². The lowest BCUT2D eigenvalue weighted by molar-refractivity contribution is -0.122. The lowest BCUT2D eigenvalue weighted by Crippen LogP contribution is -2.43. The summed E-state index contributed by atoms with van der Waals surface area (Å²) in [5, 5.41) is 3.14. The van der Waals surface area contributed by atoms with Gasteiger partial charge in [-0.25, -0.2) is 0 Å². The number of nitrogens with one attached hydrogen (secondary N) is 1. The molecule has 0 aliphatic heterocycles. The summed E-state index contributed by atoms with van der Waals surface area (Å²) in [6.07, 6.45) is 7.93. The van der Waals surface area contributed by atoms with E-state index in [9.17, 15) is 4.79 Å². The largest absolute Gasteiger partial charge is 0.353 e. The normalized spacial score (nSPS) is 17.1. The molecule has 1 fully saturated rings. The standard InChI is InChI=1S/C12H24N2O.ClH/c1-2-3-7-11(10-5-4-6-10)14-12(15)8-9-13;/h10-11H,2-9,13H2,1H3,(H,14,15);1H. The molecule has 4 heteroatoms. The molecule has 1 rings (SSSR count). The molecule has 16 heavy (non-hydrogen) atoms. The summed E-state index contributed by atoms with van der Waals surface area (Å²) in [5.41, 5.74) is 5.37. The minimum Gasteiger partial charge on any atom is -0.353 e. The summed E-state index contributed by atoms with van der Waals surface area (Å²) in [7, 11) is 0. The van der Waals surface area contributed by atoms with E-state index >= 15 is 0 Å². The maximum absolute atomic E-state index is 11.5. The Morgan fingerprint density at radius 3 is 2.62 bits per heavy atom. The predicted octanol–water partition coefficient (Wildman–Crippen LogP) is 2.23. The van der Waals surface area contributed by atoms with Gasteiger partial charge in [0.1, 0.15) is 0 Å². The van der Waals surface area contributed by atoms with Gasteiger partial charge < -0.3 is 11.1 Å². The highest BCUT2D eigenvalue weighted by Gasteiger charge is 2.27. The monoisotopic (exact) mass is 248 g/mol. The van der Waals surface area contributed by atoms with Crippen molar-refractivity contribution in [1.29, 1.82) is 0 Å². The van der Waals surface area contributed by atoms with Gasteiger partial charge in [0.15, 0.2) is 0 Å². The number of halogens is 1. The van der Waals surface area contributed by atoms with Crippen LogP contribution in [0.25, 0.3) is 0 Å². The Bertz CT molecular complexity index is 195. The Balaban J connectivity index is 0.00000225. The number of rotatable bonds is 7. The van der Waals surface area contributed by atoms with Crippen LogP contribution in [0.5, 0.6) is 0 Å². The van der Waals surface area contributed by atoms with Crippen molar-refractivity contribution in [3.8, 4) is 0 Å². The quantitative estimate of drug-likeness (QED) is 0.726. The highest BCUT2D eigenvalue weighted by atomic mass is 35.5. The van der Waals surface area contributed by atoms with Gasteiger partial charge in [0.25, 0.3) is 0 Å². The van der Waals surface area contributed by atoms with E-state index in [4.69, 9.17) is 5.73 Å². The van der Waals surface area contributed by atoms with Gasteiger partial charge in [0.2, 0.25) is 5.91 Å². The van der Waals surface area contributed by atoms with Crippen molar-refractivity contribution in [2.45, 2.75) is 57.9 Å². The van der Waals surface area contributed by atoms with Crippen molar-refractivity contribution in [1.82, 2.24) is 5.32 Å². The van der Waals surface area contributed by atoms with Crippen molar-refractivity contribution >= 4 is 18.3 Å². The maximum atomic E-state index is 11.5. The van der Waals surface area contributed by atoms with Gasteiger partial charge in [0.05, 0.1) is 0 Å². The molecule has 0 heterocycles. The average molecular weight is 249 g/mol. The number of hydrogen-bond donors (Lipinski definition) is 2. The van der Waals surface area contributed by atoms with E-state index in [1.807, 2.05) is 0 Å². The smallest absolute Gasteiger partial charge is 0.221 e. The van der Waals surface area contributed by atoms with E-state index in [0.717, 1.165) is 12.3 Å². The molecule has 0 aromatic carbocycles. The zero-order chi connectivity index (χ0) is 11.1. The highest BCUT2D eigenvalue weighted by Crippen LogP contribution is 2.31. The predicted molar refractivity (Wildman–Crippen MR) is 69.7 cm³/mol. The Morgan fingerprint density at radius 2 is 2.19 bits per heavy atom. The number of unbranched alkanes of at least 4 members (excludes halogenated alkanes) is 1. The Morgan fingerprint density at radius 1 is 1.50 bits per heavy atom. The van der Waals surface area contributed by atoms with Crippen LogP contribution < -0.4 is 11.1 Å². The molecule has 0 radical (unpaired) electrons. The first-order valence-corrected chi connectivity index (χ1v) is 6.27. The Labute approximate surface area is 105 Å². The van der Waals surface area contributed by atoms with Crippen molar-refractivity contribution < 1.29 is 4.79 Å². The summed E-state index contributed by atoms with van der Waals surface area (Å²) in [6, 6.07) is 0.415. The summed E-state index contributed by atoms with van der Waals surface area (Å²) < 4.78 is 0. The number of nitrogens with two attached hydrogens (primary N) is 1. The van der Waals surface area contributed by atoms with Crippen LogP contribution in [-0.4, -0.2) is 18.5 Å². The number of hydrogen-bond acceptors (Lipinski definition) is 2. The highest BCUT2D eigenvalue weighted by molar-refractivity contribution is 5.85. The topological polar surface area (TPSA) is 55.1 Å². The third-order valence-corrected chi connectivity index (χ3v) is 3.31. The maximum Gasteiger partial charge on any atom is 0.221 e. The second-order valence-electron chi connectivity index (χ2n) is 4.55. The lowest BCUT2D eigenvalue weighted by atomic mass is 9.78. The van der Waals surface area contributed by atoms with Crippen molar-refractivity contribution in [3.05, 3.63) is 0 Å². The summed E-state index contributed by atoms with van der Waals surface area (Å²) in [6.45, 7) is 2.65. The number of amides is 1. The minimum absolute atomic E-state index is 0. The third-order valence-electron chi connectivity index (χ3n) is 3.31. The molecule has 3 N–H and O–H groups in total. The first-order chi connectivity index (χ1) is 7.27. The molecule has 3 nitrogen and oxygen atoms in total. The van der Waals surface area contributed by atoms with E-state index in [1.54, 1.807) is 0 Å². The van der Waals surface area contributed by atoms with Crippen LogP contribution in [0.1, 0.15) is 51.9 Å². The zero-order valence-electron chi connectivity index (χ0n) is 10.2. The molecule has 1 atom stereocenters. The van der Waals surface area contributed by atoms with E-state index < -0.39 is 0 Å². The molecular formula is C12H25ClN2O. The Kier molecular flexibility index (Phi) is 8.67. The van der Waals surface area contributed by atoms with Gasteiger partial charge in [-0.2, -0.15) is 0 Å². The molecule has 1 unspecified atom stereocenters. The van der Waals surface area contributed by atoms with Crippen LogP contribution >= 0.6 is 12.4 Å². The first kappa shape index (κ1) is 15.7. The fourth-order valence-electron chi connectivity index (χ4n) is 2.10. The SMILES string of the molecule is CCCCC(NC(=O)CCN)C1CCC1.Cl. The van der Waals surface area contributed by atoms with Crippen LogP contribution in [0.3, 0.4) is 0 Å². The second-order valence-corrected chi connectivity index (χ2v) is 4.55. The molecule has 0 bridgehead atoms. The van der Waals surface area contributed by atoms with Gasteiger partial charge in [-0.15, -0.1) is 12.4 Å². The third kappa shape index (κ3) is 5.17. The summed E-state index contributed by atoms with van der Waals surface area (Å²) >= 11 is 0. The van der Waals surface area contributed by atoms with Crippen LogP contribution in [0.2, 0.25) is 0 Å².